The van der Waals surface area contributed by atoms with Gasteiger partial charge in [-0.2, -0.15) is 0 Å². The van der Waals surface area contributed by atoms with Crippen molar-refractivity contribution in [3.8, 4) is 5.75 Å². The lowest BCUT2D eigenvalue weighted by atomic mass is 10.2. The highest BCUT2D eigenvalue weighted by atomic mass is 127. The van der Waals surface area contributed by atoms with E-state index >= 15 is 0 Å². The third kappa shape index (κ3) is 1.58. The van der Waals surface area contributed by atoms with Gasteiger partial charge in [-0.15, -0.1) is 11.3 Å². The summed E-state index contributed by atoms with van der Waals surface area (Å²) >= 11 is 3.35. The van der Waals surface area contributed by atoms with Crippen LogP contribution >= 0.6 is 33.9 Å². The molecule has 0 saturated heterocycles. The van der Waals surface area contributed by atoms with Crippen molar-refractivity contribution in [1.29, 1.82) is 0 Å². The van der Waals surface area contributed by atoms with Gasteiger partial charge in [0.15, 0.2) is 0 Å². The minimum atomic E-state index is -2.49. The Balaban J connectivity index is 2.75. The van der Waals surface area contributed by atoms with Crippen molar-refractivity contribution < 1.29 is 13.9 Å². The number of rotatable bonds is 1. The highest BCUT2D eigenvalue weighted by Crippen LogP contribution is 2.37. The highest BCUT2D eigenvalue weighted by molar-refractivity contribution is 14.1. The van der Waals surface area contributed by atoms with Crippen molar-refractivity contribution in [3.05, 3.63) is 26.6 Å². The molecule has 2 aromatic rings. The molecule has 1 aromatic carbocycles. The van der Waals surface area contributed by atoms with Crippen molar-refractivity contribution in [2.24, 2.45) is 0 Å². The fourth-order valence-electron chi connectivity index (χ4n) is 1.23. The fourth-order valence-corrected chi connectivity index (χ4v) is 3.08. The van der Waals surface area contributed by atoms with Gasteiger partial charge in [0.25, 0.3) is 6.43 Å². The van der Waals surface area contributed by atoms with E-state index in [4.69, 9.17) is 0 Å². The van der Waals surface area contributed by atoms with Gasteiger partial charge in [-0.1, -0.05) is 0 Å². The summed E-state index contributed by atoms with van der Waals surface area (Å²) in [4.78, 5) is 0. The Morgan fingerprint density at radius 3 is 2.71 bits per heavy atom. The quantitative estimate of drug-likeness (QED) is 0.781. The van der Waals surface area contributed by atoms with E-state index in [9.17, 15) is 13.9 Å². The molecule has 0 aliphatic rings. The van der Waals surface area contributed by atoms with Crippen LogP contribution in [0.4, 0.5) is 8.78 Å². The van der Waals surface area contributed by atoms with Gasteiger partial charge >= 0.3 is 0 Å². The maximum Gasteiger partial charge on any atom is 0.263 e. The van der Waals surface area contributed by atoms with Gasteiger partial charge in [0.1, 0.15) is 5.75 Å². The largest absolute Gasteiger partial charge is 0.506 e. The second-order valence-electron chi connectivity index (χ2n) is 2.80. The third-order valence-corrected chi connectivity index (χ3v) is 4.12. The van der Waals surface area contributed by atoms with E-state index in [1.54, 1.807) is 5.38 Å². The molecular weight excluding hydrogens is 321 g/mol. The first-order valence-corrected chi connectivity index (χ1v) is 5.73. The van der Waals surface area contributed by atoms with Gasteiger partial charge in [0.05, 0.1) is 4.70 Å². The lowest BCUT2D eigenvalue weighted by molar-refractivity contribution is 0.151. The monoisotopic (exact) mass is 326 g/mol. The van der Waals surface area contributed by atoms with E-state index in [1.165, 1.54) is 23.5 Å². The summed E-state index contributed by atoms with van der Waals surface area (Å²) in [6, 6.07) is 2.79. The average Bonchev–Trinajstić information content (AvgIpc) is 2.48. The molecule has 0 atom stereocenters. The molecule has 1 aromatic heterocycles. The number of hydrogen-bond acceptors (Lipinski definition) is 2. The summed E-state index contributed by atoms with van der Waals surface area (Å²) in [5.74, 6) is 0.0745. The molecule has 0 radical (unpaired) electrons. The number of alkyl halides is 2. The molecule has 14 heavy (non-hydrogen) atoms. The molecule has 2 rings (SSSR count). The van der Waals surface area contributed by atoms with Crippen molar-refractivity contribution >= 4 is 44.0 Å². The topological polar surface area (TPSA) is 20.2 Å². The Morgan fingerprint density at radius 2 is 2.07 bits per heavy atom. The summed E-state index contributed by atoms with van der Waals surface area (Å²) in [6.45, 7) is 0. The van der Waals surface area contributed by atoms with Crippen LogP contribution < -0.4 is 0 Å². The van der Waals surface area contributed by atoms with Gasteiger partial charge in [-0.05, 0) is 34.7 Å². The Bertz CT molecular complexity index is 481. The first-order valence-electron chi connectivity index (χ1n) is 3.77. The average molecular weight is 326 g/mol. The molecule has 0 amide bonds. The molecule has 0 aliphatic heterocycles. The molecule has 1 heterocycles. The van der Waals surface area contributed by atoms with Crippen LogP contribution in [-0.2, 0) is 0 Å². The fraction of sp³-hybridized carbons (Fsp3) is 0.111. The Hall–Kier alpha value is -0.430. The summed E-state index contributed by atoms with van der Waals surface area (Å²) < 4.78 is 26.5. The molecule has 0 unspecified atom stereocenters. The van der Waals surface area contributed by atoms with E-state index < -0.39 is 6.43 Å². The lowest BCUT2D eigenvalue weighted by Crippen LogP contribution is -1.85. The Morgan fingerprint density at radius 1 is 1.36 bits per heavy atom. The number of hydrogen-bond donors (Lipinski definition) is 1. The van der Waals surface area contributed by atoms with Gasteiger partial charge in [0.2, 0.25) is 0 Å². The van der Waals surface area contributed by atoms with Gasteiger partial charge in [-0.3, -0.25) is 0 Å². The molecule has 1 N–H and O–H groups in total. The summed E-state index contributed by atoms with van der Waals surface area (Å²) in [6.07, 6.45) is -2.49. The van der Waals surface area contributed by atoms with Gasteiger partial charge in [-0.25, -0.2) is 8.78 Å². The molecule has 0 fully saturated rings. The van der Waals surface area contributed by atoms with E-state index in [1.807, 2.05) is 22.6 Å². The number of fused-ring (bicyclic) bond motifs is 1. The van der Waals surface area contributed by atoms with Crippen LogP contribution in [0.3, 0.4) is 0 Å². The number of halogens is 3. The van der Waals surface area contributed by atoms with Crippen LogP contribution in [0.2, 0.25) is 0 Å². The highest BCUT2D eigenvalue weighted by Gasteiger charge is 2.13. The molecule has 5 heteroatoms. The zero-order valence-corrected chi connectivity index (χ0v) is 9.77. The standard InChI is InChI=1S/C9H5F2IOS/c10-9(11)4-1-5-7(13)3-14-8(5)6(12)2-4/h1-3,9,13H. The lowest BCUT2D eigenvalue weighted by Gasteiger charge is -2.01. The van der Waals surface area contributed by atoms with Crippen molar-refractivity contribution in [2.75, 3.05) is 0 Å². The zero-order chi connectivity index (χ0) is 10.3. The second-order valence-corrected chi connectivity index (χ2v) is 4.84. The minimum absolute atomic E-state index is 0.0457. The number of aromatic hydroxyl groups is 1. The van der Waals surface area contributed by atoms with Crippen LogP contribution in [0.5, 0.6) is 5.75 Å². The van der Waals surface area contributed by atoms with E-state index in [-0.39, 0.29) is 11.3 Å². The van der Waals surface area contributed by atoms with Crippen LogP contribution in [0, 0.1) is 3.57 Å². The second kappa shape index (κ2) is 3.62. The molecule has 0 spiro atoms. The molecule has 0 bridgehead atoms. The van der Waals surface area contributed by atoms with Gasteiger partial charge < -0.3 is 5.11 Å². The van der Waals surface area contributed by atoms with Crippen LogP contribution in [0.15, 0.2) is 17.5 Å². The third-order valence-electron chi connectivity index (χ3n) is 1.88. The Labute approximate surface area is 96.5 Å². The SMILES string of the molecule is Oc1csc2c(I)cc(C(F)F)cc12. The zero-order valence-electron chi connectivity index (χ0n) is 6.80. The van der Waals surface area contributed by atoms with E-state index in [0.717, 1.165) is 8.27 Å². The molecular formula is C9H5F2IOS. The summed E-state index contributed by atoms with van der Waals surface area (Å²) in [5, 5.41) is 11.5. The van der Waals surface area contributed by atoms with Gasteiger partial charge in [0, 0.05) is 19.9 Å². The number of benzene rings is 1. The van der Waals surface area contributed by atoms with E-state index in [2.05, 4.69) is 0 Å². The van der Waals surface area contributed by atoms with Crippen LogP contribution in [0.25, 0.3) is 10.1 Å². The maximum absolute atomic E-state index is 12.4. The number of thiophene rings is 1. The van der Waals surface area contributed by atoms with Crippen molar-refractivity contribution in [3.63, 3.8) is 0 Å². The molecule has 0 aliphatic carbocycles. The normalized spacial score (nSPS) is 11.4. The predicted octanol–water partition coefficient (Wildman–Crippen LogP) is 4.15. The minimum Gasteiger partial charge on any atom is -0.506 e. The summed E-state index contributed by atoms with van der Waals surface area (Å²) in [7, 11) is 0. The molecule has 0 saturated carbocycles. The van der Waals surface area contributed by atoms with Crippen LogP contribution in [0.1, 0.15) is 12.0 Å². The van der Waals surface area contributed by atoms with Crippen LogP contribution in [-0.4, -0.2) is 5.11 Å². The van der Waals surface area contributed by atoms with Crippen molar-refractivity contribution in [1.82, 2.24) is 0 Å². The first-order chi connectivity index (χ1) is 6.59. The summed E-state index contributed by atoms with van der Waals surface area (Å²) in [5.41, 5.74) is -0.0457. The smallest absolute Gasteiger partial charge is 0.263 e. The predicted molar refractivity (Wildman–Crippen MR) is 61.2 cm³/mol. The van der Waals surface area contributed by atoms with Crippen molar-refractivity contribution in [2.45, 2.75) is 6.43 Å². The Kier molecular flexibility index (Phi) is 2.61. The maximum atomic E-state index is 12.4. The molecule has 74 valence electrons. The van der Waals surface area contributed by atoms with E-state index in [0.29, 0.717) is 5.39 Å². The molecule has 1 nitrogen and oxygen atoms in total. The first kappa shape index (κ1) is 10.1.